The van der Waals surface area contributed by atoms with Crippen LogP contribution in [0.5, 0.6) is 0 Å². The Morgan fingerprint density at radius 2 is 1.74 bits per heavy atom. The van der Waals surface area contributed by atoms with Crippen LogP contribution in [0.4, 0.5) is 0 Å². The Bertz CT molecular complexity index is 708. The van der Waals surface area contributed by atoms with Crippen LogP contribution in [0.25, 0.3) is 21.1 Å². The molecule has 0 radical (unpaired) electrons. The van der Waals surface area contributed by atoms with Crippen molar-refractivity contribution in [2.24, 2.45) is 0 Å². The van der Waals surface area contributed by atoms with Gasteiger partial charge in [-0.3, -0.25) is 0 Å². The summed E-state index contributed by atoms with van der Waals surface area (Å²) >= 11 is 3.46. The van der Waals surface area contributed by atoms with Gasteiger partial charge >= 0.3 is 0 Å². The Hall–Kier alpha value is -1.45. The summed E-state index contributed by atoms with van der Waals surface area (Å²) in [4.78, 5) is 6.03. The number of rotatable bonds is 2. The number of hydrogen-bond donors (Lipinski definition) is 0. The molecule has 0 spiro atoms. The van der Waals surface area contributed by atoms with Crippen molar-refractivity contribution < 1.29 is 0 Å². The molecule has 2 aromatic heterocycles. The number of thiazole rings is 1. The molecular weight excluding hydrogens is 270 g/mol. The van der Waals surface area contributed by atoms with Gasteiger partial charge in [0, 0.05) is 10.9 Å². The van der Waals surface area contributed by atoms with Crippen molar-refractivity contribution in [2.75, 3.05) is 0 Å². The summed E-state index contributed by atoms with van der Waals surface area (Å²) in [5, 5.41) is 5.37. The fourth-order valence-electron chi connectivity index (χ4n) is 2.15. The maximum absolute atomic E-state index is 4.78. The molecule has 0 fully saturated rings. The molecule has 3 aromatic rings. The largest absolute Gasteiger partial charge is 0.235 e. The van der Waals surface area contributed by atoms with E-state index in [2.05, 4.69) is 55.8 Å². The van der Waals surface area contributed by atoms with Crippen LogP contribution in [-0.4, -0.2) is 4.98 Å². The second-order valence-corrected chi connectivity index (χ2v) is 6.57. The second-order valence-electron chi connectivity index (χ2n) is 4.77. The Morgan fingerprint density at radius 3 is 2.47 bits per heavy atom. The molecule has 0 saturated heterocycles. The maximum atomic E-state index is 4.78. The van der Waals surface area contributed by atoms with E-state index in [-0.39, 0.29) is 0 Å². The molecule has 96 valence electrons. The third-order valence-electron chi connectivity index (χ3n) is 3.35. The van der Waals surface area contributed by atoms with Crippen molar-refractivity contribution in [2.45, 2.75) is 20.8 Å². The molecule has 19 heavy (non-hydrogen) atoms. The predicted molar refractivity (Wildman–Crippen MR) is 85.1 cm³/mol. The third kappa shape index (κ3) is 2.36. The standard InChI is InChI=1S/C16H15NS2/c1-10-7-12(3)13(8-11(10)2)14-9-19-16(17-14)15-5-4-6-18-15/h4-9H,1-3H3. The van der Waals surface area contributed by atoms with E-state index >= 15 is 0 Å². The van der Waals surface area contributed by atoms with Gasteiger partial charge in [0.05, 0.1) is 10.6 Å². The summed E-state index contributed by atoms with van der Waals surface area (Å²) in [6.07, 6.45) is 0. The zero-order valence-corrected chi connectivity index (χ0v) is 12.9. The fourth-order valence-corrected chi connectivity index (χ4v) is 3.78. The molecule has 0 amide bonds. The molecule has 0 N–H and O–H groups in total. The summed E-state index contributed by atoms with van der Waals surface area (Å²) in [7, 11) is 0. The molecule has 0 aliphatic carbocycles. The van der Waals surface area contributed by atoms with Gasteiger partial charge in [-0.25, -0.2) is 4.98 Å². The average Bonchev–Trinajstić information content (AvgIpc) is 3.03. The van der Waals surface area contributed by atoms with Crippen LogP contribution in [0, 0.1) is 20.8 Å². The van der Waals surface area contributed by atoms with Crippen LogP contribution in [0.3, 0.4) is 0 Å². The molecule has 1 nitrogen and oxygen atoms in total. The lowest BCUT2D eigenvalue weighted by molar-refractivity contribution is 1.28. The molecule has 0 unspecified atom stereocenters. The first-order valence-corrected chi connectivity index (χ1v) is 7.98. The topological polar surface area (TPSA) is 12.9 Å². The van der Waals surface area contributed by atoms with Crippen molar-refractivity contribution in [1.82, 2.24) is 4.98 Å². The SMILES string of the molecule is Cc1cc(C)c(-c2csc(-c3cccs3)n2)cc1C. The van der Waals surface area contributed by atoms with Crippen LogP contribution >= 0.6 is 22.7 Å². The lowest BCUT2D eigenvalue weighted by Gasteiger charge is -2.07. The van der Waals surface area contributed by atoms with Gasteiger partial charge in [0.15, 0.2) is 0 Å². The highest BCUT2D eigenvalue weighted by Gasteiger charge is 2.10. The fraction of sp³-hybridized carbons (Fsp3) is 0.188. The van der Waals surface area contributed by atoms with Gasteiger partial charge in [0.1, 0.15) is 5.01 Å². The van der Waals surface area contributed by atoms with E-state index in [1.165, 1.54) is 27.1 Å². The summed E-state index contributed by atoms with van der Waals surface area (Å²) < 4.78 is 0. The molecule has 0 aliphatic heterocycles. The van der Waals surface area contributed by atoms with E-state index in [1.807, 2.05) is 0 Å². The molecule has 3 heteroatoms. The smallest absolute Gasteiger partial charge is 0.134 e. The molecule has 3 rings (SSSR count). The van der Waals surface area contributed by atoms with Crippen LogP contribution < -0.4 is 0 Å². The second kappa shape index (κ2) is 4.91. The normalized spacial score (nSPS) is 10.9. The molecule has 1 aromatic carbocycles. The van der Waals surface area contributed by atoms with E-state index in [1.54, 1.807) is 22.7 Å². The molecular formula is C16H15NS2. The molecule has 0 saturated carbocycles. The van der Waals surface area contributed by atoms with Crippen LogP contribution in [0.2, 0.25) is 0 Å². The minimum absolute atomic E-state index is 1.09. The Kier molecular flexibility index (Phi) is 3.25. The van der Waals surface area contributed by atoms with Crippen molar-refractivity contribution in [1.29, 1.82) is 0 Å². The monoisotopic (exact) mass is 285 g/mol. The summed E-state index contributed by atoms with van der Waals surface area (Å²) in [6.45, 7) is 6.47. The minimum atomic E-state index is 1.09. The van der Waals surface area contributed by atoms with Gasteiger partial charge < -0.3 is 0 Å². The molecule has 0 bridgehead atoms. The first-order valence-electron chi connectivity index (χ1n) is 6.23. The molecule has 2 heterocycles. The van der Waals surface area contributed by atoms with Gasteiger partial charge in [0.2, 0.25) is 0 Å². The van der Waals surface area contributed by atoms with Gasteiger partial charge in [-0.05, 0) is 55.0 Å². The number of aromatic nitrogens is 1. The van der Waals surface area contributed by atoms with Gasteiger partial charge in [-0.15, -0.1) is 22.7 Å². The summed E-state index contributed by atoms with van der Waals surface area (Å²) in [6, 6.07) is 8.69. The van der Waals surface area contributed by atoms with Gasteiger partial charge in [-0.1, -0.05) is 12.1 Å². The molecule has 0 aliphatic rings. The van der Waals surface area contributed by atoms with Crippen molar-refractivity contribution in [3.63, 3.8) is 0 Å². The van der Waals surface area contributed by atoms with Crippen LogP contribution in [0.1, 0.15) is 16.7 Å². The average molecular weight is 285 g/mol. The molecule has 0 atom stereocenters. The van der Waals surface area contributed by atoms with Crippen LogP contribution in [0.15, 0.2) is 35.0 Å². The zero-order chi connectivity index (χ0) is 13.4. The third-order valence-corrected chi connectivity index (χ3v) is 5.23. The van der Waals surface area contributed by atoms with Crippen molar-refractivity contribution in [3.05, 3.63) is 51.7 Å². The Balaban J connectivity index is 2.06. The van der Waals surface area contributed by atoms with E-state index in [0.29, 0.717) is 0 Å². The van der Waals surface area contributed by atoms with Crippen molar-refractivity contribution >= 4 is 22.7 Å². The predicted octanol–water partition coefficient (Wildman–Crippen LogP) is 5.46. The number of aryl methyl sites for hydroxylation is 3. The zero-order valence-electron chi connectivity index (χ0n) is 11.2. The summed E-state index contributed by atoms with van der Waals surface area (Å²) in [5.41, 5.74) is 6.31. The lowest BCUT2D eigenvalue weighted by Crippen LogP contribution is -1.89. The van der Waals surface area contributed by atoms with E-state index in [4.69, 9.17) is 4.98 Å². The highest BCUT2D eigenvalue weighted by molar-refractivity contribution is 7.20. The van der Waals surface area contributed by atoms with E-state index < -0.39 is 0 Å². The van der Waals surface area contributed by atoms with Gasteiger partial charge in [0.25, 0.3) is 0 Å². The highest BCUT2D eigenvalue weighted by Crippen LogP contribution is 2.33. The first kappa shape index (κ1) is 12.6. The number of hydrogen-bond acceptors (Lipinski definition) is 3. The lowest BCUT2D eigenvalue weighted by atomic mass is 9.99. The Morgan fingerprint density at radius 1 is 0.947 bits per heavy atom. The minimum Gasteiger partial charge on any atom is -0.235 e. The van der Waals surface area contributed by atoms with Crippen LogP contribution in [-0.2, 0) is 0 Å². The number of thiophene rings is 1. The van der Waals surface area contributed by atoms with E-state index in [9.17, 15) is 0 Å². The number of benzene rings is 1. The highest BCUT2D eigenvalue weighted by atomic mass is 32.1. The van der Waals surface area contributed by atoms with Gasteiger partial charge in [-0.2, -0.15) is 0 Å². The van der Waals surface area contributed by atoms with Crippen molar-refractivity contribution in [3.8, 4) is 21.1 Å². The van der Waals surface area contributed by atoms with E-state index in [0.717, 1.165) is 10.7 Å². The maximum Gasteiger partial charge on any atom is 0.134 e. The summed E-state index contributed by atoms with van der Waals surface area (Å²) in [5.74, 6) is 0. The number of nitrogens with zero attached hydrogens (tertiary/aromatic N) is 1. The first-order chi connectivity index (χ1) is 9.15. The Labute approximate surface area is 121 Å². The quantitative estimate of drug-likeness (QED) is 0.609.